The number of ether oxygens (including phenoxy) is 1. The molecule has 1 amide bonds. The third kappa shape index (κ3) is 4.92. The Morgan fingerprint density at radius 1 is 0.941 bits per heavy atom. The van der Waals surface area contributed by atoms with Gasteiger partial charge >= 0.3 is 0 Å². The van der Waals surface area contributed by atoms with Gasteiger partial charge in [-0.2, -0.15) is 4.98 Å². The van der Waals surface area contributed by atoms with Crippen LogP contribution in [0.25, 0.3) is 22.2 Å². The smallest absolute Gasteiger partial charge is 0.227 e. The van der Waals surface area contributed by atoms with E-state index in [2.05, 4.69) is 15.5 Å². The highest BCUT2D eigenvalue weighted by Crippen LogP contribution is 2.32. The van der Waals surface area contributed by atoms with Gasteiger partial charge < -0.3 is 14.6 Å². The van der Waals surface area contributed by atoms with Crippen LogP contribution in [-0.2, 0) is 11.2 Å². The number of para-hydroxylation sites is 1. The van der Waals surface area contributed by atoms with Crippen molar-refractivity contribution in [3.63, 3.8) is 0 Å². The number of rotatable bonds is 7. The van der Waals surface area contributed by atoms with Crippen LogP contribution >= 0.6 is 11.6 Å². The zero-order chi connectivity index (χ0) is 23.3. The summed E-state index contributed by atoms with van der Waals surface area (Å²) in [5, 5.41) is 9.62. The van der Waals surface area contributed by atoms with Crippen LogP contribution in [0.5, 0.6) is 11.5 Å². The minimum Gasteiger partial charge on any atom is -0.455 e. The van der Waals surface area contributed by atoms with E-state index in [1.165, 1.54) is 0 Å². The lowest BCUT2D eigenvalue weighted by Gasteiger charge is -2.12. The van der Waals surface area contributed by atoms with Crippen LogP contribution < -0.4 is 10.1 Å². The van der Waals surface area contributed by atoms with E-state index in [1.54, 1.807) is 18.2 Å². The number of hydrogen-bond acceptors (Lipinski definition) is 5. The van der Waals surface area contributed by atoms with Crippen molar-refractivity contribution in [1.82, 2.24) is 10.1 Å². The van der Waals surface area contributed by atoms with E-state index in [4.69, 9.17) is 20.9 Å². The summed E-state index contributed by atoms with van der Waals surface area (Å²) in [6.45, 7) is 0. The molecule has 0 aliphatic carbocycles. The molecule has 0 fully saturated rings. The van der Waals surface area contributed by atoms with Crippen molar-refractivity contribution in [1.29, 1.82) is 0 Å². The van der Waals surface area contributed by atoms with E-state index in [-0.39, 0.29) is 12.3 Å². The number of carbonyl (C=O) groups is 1. The van der Waals surface area contributed by atoms with Gasteiger partial charge in [0, 0.05) is 23.4 Å². The molecule has 5 aromatic rings. The zero-order valence-electron chi connectivity index (χ0n) is 18.1. The van der Waals surface area contributed by atoms with Gasteiger partial charge in [0.1, 0.15) is 5.75 Å². The van der Waals surface area contributed by atoms with Crippen LogP contribution in [0, 0.1) is 0 Å². The SMILES string of the molecule is O=C(CCc1nc(-c2cccc3ccccc23)no1)Nc1cc(Cl)ccc1Oc1ccccc1. The van der Waals surface area contributed by atoms with Crippen molar-refractivity contribution in [3.8, 4) is 22.9 Å². The number of aromatic nitrogens is 2. The van der Waals surface area contributed by atoms with Crippen LogP contribution in [0.2, 0.25) is 5.02 Å². The molecule has 1 N–H and O–H groups in total. The molecule has 0 spiro atoms. The second kappa shape index (κ2) is 9.77. The van der Waals surface area contributed by atoms with E-state index in [0.29, 0.717) is 40.3 Å². The lowest BCUT2D eigenvalue weighted by atomic mass is 10.0. The quantitative estimate of drug-likeness (QED) is 0.280. The highest BCUT2D eigenvalue weighted by molar-refractivity contribution is 6.31. The van der Waals surface area contributed by atoms with Crippen molar-refractivity contribution in [3.05, 3.63) is 102 Å². The molecule has 34 heavy (non-hydrogen) atoms. The molecule has 1 aromatic heterocycles. The Morgan fingerprint density at radius 3 is 2.62 bits per heavy atom. The maximum absolute atomic E-state index is 12.7. The summed E-state index contributed by atoms with van der Waals surface area (Å²) < 4.78 is 11.3. The molecular weight excluding hydrogens is 450 g/mol. The Balaban J connectivity index is 1.26. The Labute approximate surface area is 201 Å². The molecule has 0 aliphatic heterocycles. The van der Waals surface area contributed by atoms with Gasteiger partial charge in [0.25, 0.3) is 0 Å². The number of benzene rings is 4. The predicted molar refractivity (Wildman–Crippen MR) is 132 cm³/mol. The highest BCUT2D eigenvalue weighted by atomic mass is 35.5. The maximum Gasteiger partial charge on any atom is 0.227 e. The summed E-state index contributed by atoms with van der Waals surface area (Å²) in [5.41, 5.74) is 1.38. The number of aryl methyl sites for hydroxylation is 1. The molecule has 1 heterocycles. The molecule has 0 bridgehead atoms. The maximum atomic E-state index is 12.7. The van der Waals surface area contributed by atoms with E-state index >= 15 is 0 Å². The van der Waals surface area contributed by atoms with Crippen molar-refractivity contribution in [2.45, 2.75) is 12.8 Å². The number of nitrogens with zero attached hydrogens (tertiary/aromatic N) is 2. The molecule has 0 radical (unpaired) electrons. The van der Waals surface area contributed by atoms with Gasteiger partial charge in [-0.15, -0.1) is 0 Å². The molecule has 0 aliphatic rings. The fraction of sp³-hybridized carbons (Fsp3) is 0.0741. The fourth-order valence-electron chi connectivity index (χ4n) is 3.62. The minimum atomic E-state index is -0.218. The molecular formula is C27H20ClN3O3. The van der Waals surface area contributed by atoms with Gasteiger partial charge in [0.15, 0.2) is 5.75 Å². The Hall–Kier alpha value is -4.16. The average molecular weight is 470 g/mol. The lowest BCUT2D eigenvalue weighted by Crippen LogP contribution is -2.13. The number of carbonyl (C=O) groups excluding carboxylic acids is 1. The lowest BCUT2D eigenvalue weighted by molar-refractivity contribution is -0.116. The number of fused-ring (bicyclic) bond motifs is 1. The Bertz CT molecular complexity index is 1450. The van der Waals surface area contributed by atoms with Crippen LogP contribution in [0.3, 0.4) is 0 Å². The predicted octanol–water partition coefficient (Wildman–Crippen LogP) is 6.91. The summed E-state index contributed by atoms with van der Waals surface area (Å²) in [6, 6.07) is 28.4. The summed E-state index contributed by atoms with van der Waals surface area (Å²) >= 11 is 6.14. The van der Waals surface area contributed by atoms with Crippen molar-refractivity contribution < 1.29 is 14.1 Å². The third-order valence-electron chi connectivity index (χ3n) is 5.25. The largest absolute Gasteiger partial charge is 0.455 e. The van der Waals surface area contributed by atoms with E-state index in [1.807, 2.05) is 72.8 Å². The first kappa shape index (κ1) is 21.7. The molecule has 168 valence electrons. The number of anilines is 1. The zero-order valence-corrected chi connectivity index (χ0v) is 18.8. The number of amides is 1. The van der Waals surface area contributed by atoms with Gasteiger partial charge in [0.2, 0.25) is 17.6 Å². The number of halogens is 1. The molecule has 0 atom stereocenters. The topological polar surface area (TPSA) is 77.2 Å². The molecule has 5 rings (SSSR count). The first-order valence-electron chi connectivity index (χ1n) is 10.8. The van der Waals surface area contributed by atoms with Crippen LogP contribution in [0.1, 0.15) is 12.3 Å². The van der Waals surface area contributed by atoms with E-state index in [0.717, 1.165) is 16.3 Å². The average Bonchev–Trinajstić information content (AvgIpc) is 3.34. The summed E-state index contributed by atoms with van der Waals surface area (Å²) in [4.78, 5) is 17.1. The normalized spacial score (nSPS) is 10.9. The van der Waals surface area contributed by atoms with Gasteiger partial charge in [-0.1, -0.05) is 77.4 Å². The Kier molecular flexibility index (Phi) is 6.23. The number of hydrogen-bond donors (Lipinski definition) is 1. The summed E-state index contributed by atoms with van der Waals surface area (Å²) in [5.74, 6) is 1.84. The molecule has 0 unspecified atom stereocenters. The van der Waals surface area contributed by atoms with Crippen LogP contribution in [0.4, 0.5) is 5.69 Å². The molecule has 0 saturated heterocycles. The first-order chi connectivity index (χ1) is 16.7. The van der Waals surface area contributed by atoms with E-state index in [9.17, 15) is 4.79 Å². The number of nitrogens with one attached hydrogen (secondary N) is 1. The first-order valence-corrected chi connectivity index (χ1v) is 11.2. The third-order valence-corrected chi connectivity index (χ3v) is 5.49. The summed E-state index contributed by atoms with van der Waals surface area (Å²) in [6.07, 6.45) is 0.466. The van der Waals surface area contributed by atoms with Crippen molar-refractivity contribution in [2.75, 3.05) is 5.32 Å². The fourth-order valence-corrected chi connectivity index (χ4v) is 3.80. The van der Waals surface area contributed by atoms with Gasteiger partial charge in [0.05, 0.1) is 5.69 Å². The molecule has 6 nitrogen and oxygen atoms in total. The molecule has 7 heteroatoms. The second-order valence-corrected chi connectivity index (χ2v) is 8.08. The highest BCUT2D eigenvalue weighted by Gasteiger charge is 2.14. The summed E-state index contributed by atoms with van der Waals surface area (Å²) in [7, 11) is 0. The van der Waals surface area contributed by atoms with Gasteiger partial charge in [-0.3, -0.25) is 4.79 Å². The van der Waals surface area contributed by atoms with E-state index < -0.39 is 0 Å². The van der Waals surface area contributed by atoms with Crippen LogP contribution in [-0.4, -0.2) is 16.0 Å². The van der Waals surface area contributed by atoms with Gasteiger partial charge in [-0.25, -0.2) is 0 Å². The van der Waals surface area contributed by atoms with Crippen LogP contribution in [0.15, 0.2) is 95.5 Å². The Morgan fingerprint density at radius 2 is 1.74 bits per heavy atom. The van der Waals surface area contributed by atoms with Crippen molar-refractivity contribution in [2.24, 2.45) is 0 Å². The van der Waals surface area contributed by atoms with Gasteiger partial charge in [-0.05, 0) is 41.1 Å². The molecule has 0 saturated carbocycles. The second-order valence-electron chi connectivity index (χ2n) is 7.64. The minimum absolute atomic E-state index is 0.161. The standard InChI is InChI=1S/C27H20ClN3O3/c28-19-13-14-24(33-20-9-2-1-3-10-20)23(17-19)29-25(32)15-16-26-30-27(31-34-26)22-12-6-8-18-7-4-5-11-21(18)22/h1-14,17H,15-16H2,(H,29,32). The molecule has 4 aromatic carbocycles. The van der Waals surface area contributed by atoms with Crippen molar-refractivity contribution >= 4 is 34.0 Å². The monoisotopic (exact) mass is 469 g/mol.